The lowest BCUT2D eigenvalue weighted by Crippen LogP contribution is -2.46. The van der Waals surface area contributed by atoms with Crippen molar-refractivity contribution in [3.63, 3.8) is 0 Å². The second-order valence-electron chi connectivity index (χ2n) is 5.75. The van der Waals surface area contributed by atoms with Crippen molar-refractivity contribution >= 4 is 30.6 Å². The van der Waals surface area contributed by atoms with Gasteiger partial charge in [-0.2, -0.15) is 0 Å². The second-order valence-corrected chi connectivity index (χ2v) is 5.75. The number of piperazine rings is 1. The van der Waals surface area contributed by atoms with Crippen LogP contribution in [0.3, 0.4) is 0 Å². The molecule has 21 heavy (non-hydrogen) atoms. The first-order valence-electron chi connectivity index (χ1n) is 7.51. The van der Waals surface area contributed by atoms with Gasteiger partial charge in [0.05, 0.1) is 0 Å². The Kier molecular flexibility index (Phi) is 7.74. The van der Waals surface area contributed by atoms with Gasteiger partial charge in [-0.05, 0) is 24.8 Å². The molecule has 0 spiro atoms. The quantitative estimate of drug-likeness (QED) is 0.893. The van der Waals surface area contributed by atoms with E-state index in [4.69, 9.17) is 5.73 Å². The molecule has 1 saturated carbocycles. The fourth-order valence-corrected chi connectivity index (χ4v) is 3.66. The summed E-state index contributed by atoms with van der Waals surface area (Å²) in [5.74, 6) is 1.47. The molecule has 2 heterocycles. The molecule has 2 fully saturated rings. The normalized spacial score (nSPS) is 21.3. The summed E-state index contributed by atoms with van der Waals surface area (Å²) >= 11 is 0. The number of halogens is 2. The topological polar surface area (TPSA) is 54.2 Å². The summed E-state index contributed by atoms with van der Waals surface area (Å²) < 4.78 is 0. The number of rotatable bonds is 3. The SMILES string of the molecule is Cl.Cl.Nc1ncccc1[C@H](C1CCCC1)N1CCNCC1. The highest BCUT2D eigenvalue weighted by molar-refractivity contribution is 5.85. The van der Waals surface area contributed by atoms with Crippen LogP contribution in [-0.4, -0.2) is 36.1 Å². The maximum atomic E-state index is 6.14. The van der Waals surface area contributed by atoms with Gasteiger partial charge < -0.3 is 11.1 Å². The van der Waals surface area contributed by atoms with E-state index in [1.54, 1.807) is 6.20 Å². The molecule has 4 nitrogen and oxygen atoms in total. The van der Waals surface area contributed by atoms with Crippen LogP contribution in [0, 0.1) is 5.92 Å². The van der Waals surface area contributed by atoms with E-state index in [0.29, 0.717) is 6.04 Å². The van der Waals surface area contributed by atoms with Gasteiger partial charge in [-0.15, -0.1) is 24.8 Å². The van der Waals surface area contributed by atoms with Crippen LogP contribution in [0.5, 0.6) is 0 Å². The minimum absolute atomic E-state index is 0. The summed E-state index contributed by atoms with van der Waals surface area (Å²) in [5.41, 5.74) is 7.39. The van der Waals surface area contributed by atoms with E-state index in [1.165, 1.54) is 31.2 Å². The maximum Gasteiger partial charge on any atom is 0.128 e. The van der Waals surface area contributed by atoms with Crippen LogP contribution in [0.4, 0.5) is 5.82 Å². The van der Waals surface area contributed by atoms with Crippen molar-refractivity contribution in [2.75, 3.05) is 31.9 Å². The predicted molar refractivity (Wildman–Crippen MR) is 92.3 cm³/mol. The Labute approximate surface area is 139 Å². The van der Waals surface area contributed by atoms with E-state index in [0.717, 1.165) is 37.9 Å². The molecule has 0 bridgehead atoms. The first kappa shape index (κ1) is 18.5. The van der Waals surface area contributed by atoms with Gasteiger partial charge in [-0.1, -0.05) is 18.9 Å². The van der Waals surface area contributed by atoms with E-state index >= 15 is 0 Å². The highest BCUT2D eigenvalue weighted by Gasteiger charge is 2.33. The molecule has 2 aliphatic rings. The van der Waals surface area contributed by atoms with Gasteiger partial charge in [-0.3, -0.25) is 4.90 Å². The number of hydrogen-bond acceptors (Lipinski definition) is 4. The molecule has 1 aromatic heterocycles. The molecule has 0 radical (unpaired) electrons. The fourth-order valence-electron chi connectivity index (χ4n) is 3.66. The molecule has 1 aliphatic heterocycles. The summed E-state index contributed by atoms with van der Waals surface area (Å²) in [4.78, 5) is 6.91. The van der Waals surface area contributed by atoms with Gasteiger partial charge in [0.2, 0.25) is 0 Å². The molecule has 0 amide bonds. The van der Waals surface area contributed by atoms with Crippen LogP contribution in [-0.2, 0) is 0 Å². The third kappa shape index (κ3) is 4.22. The number of pyridine rings is 1. The predicted octanol–water partition coefficient (Wildman–Crippen LogP) is 2.64. The number of nitrogens with zero attached hydrogens (tertiary/aromatic N) is 2. The van der Waals surface area contributed by atoms with Crippen molar-refractivity contribution in [3.8, 4) is 0 Å². The monoisotopic (exact) mass is 332 g/mol. The molecule has 3 N–H and O–H groups in total. The Morgan fingerprint density at radius 1 is 1.19 bits per heavy atom. The van der Waals surface area contributed by atoms with Gasteiger partial charge in [0, 0.05) is 44.0 Å². The lowest BCUT2D eigenvalue weighted by Gasteiger charge is -2.38. The molecular weight excluding hydrogens is 307 g/mol. The molecule has 1 aliphatic carbocycles. The number of aromatic nitrogens is 1. The lowest BCUT2D eigenvalue weighted by molar-refractivity contribution is 0.126. The van der Waals surface area contributed by atoms with Crippen molar-refractivity contribution in [1.82, 2.24) is 15.2 Å². The Bertz CT molecular complexity index is 418. The van der Waals surface area contributed by atoms with E-state index in [9.17, 15) is 0 Å². The highest BCUT2D eigenvalue weighted by Crippen LogP contribution is 2.40. The van der Waals surface area contributed by atoms with Crippen molar-refractivity contribution in [1.29, 1.82) is 0 Å². The summed E-state index contributed by atoms with van der Waals surface area (Å²) in [6.07, 6.45) is 7.20. The molecule has 1 aromatic rings. The standard InChI is InChI=1S/C15H24N4.2ClH/c16-15-13(6-3-7-18-15)14(12-4-1-2-5-12)19-10-8-17-9-11-19;;/h3,6-7,12,14,17H,1-2,4-5,8-11H2,(H2,16,18);2*1H/t14-;;/m0../s1. The number of anilines is 1. The first-order valence-corrected chi connectivity index (χ1v) is 7.51. The molecule has 6 heteroatoms. The van der Waals surface area contributed by atoms with Crippen LogP contribution in [0.1, 0.15) is 37.3 Å². The van der Waals surface area contributed by atoms with Gasteiger partial charge in [-0.25, -0.2) is 4.98 Å². The lowest BCUT2D eigenvalue weighted by atomic mass is 9.90. The first-order chi connectivity index (χ1) is 9.36. The van der Waals surface area contributed by atoms with Gasteiger partial charge >= 0.3 is 0 Å². The average molecular weight is 333 g/mol. The zero-order valence-corrected chi connectivity index (χ0v) is 14.0. The molecule has 1 saturated heterocycles. The van der Waals surface area contributed by atoms with E-state index in [-0.39, 0.29) is 24.8 Å². The van der Waals surface area contributed by atoms with E-state index in [2.05, 4.69) is 21.3 Å². The molecule has 0 aromatic carbocycles. The summed E-state index contributed by atoms with van der Waals surface area (Å²) in [5, 5.41) is 3.44. The molecule has 120 valence electrons. The Hall–Kier alpha value is -0.550. The molecular formula is C15H26Cl2N4. The van der Waals surface area contributed by atoms with Gasteiger partial charge in [0.1, 0.15) is 5.82 Å². The van der Waals surface area contributed by atoms with Crippen LogP contribution < -0.4 is 11.1 Å². The summed E-state index contributed by atoms with van der Waals surface area (Å²) in [7, 11) is 0. The number of hydrogen-bond donors (Lipinski definition) is 2. The van der Waals surface area contributed by atoms with Gasteiger partial charge in [0.15, 0.2) is 0 Å². The minimum Gasteiger partial charge on any atom is -0.383 e. The number of nitrogens with one attached hydrogen (secondary N) is 1. The van der Waals surface area contributed by atoms with E-state index < -0.39 is 0 Å². The number of nitrogens with two attached hydrogens (primary N) is 1. The second kappa shape index (κ2) is 8.79. The molecule has 3 rings (SSSR count). The largest absolute Gasteiger partial charge is 0.383 e. The van der Waals surface area contributed by atoms with Crippen LogP contribution in [0.2, 0.25) is 0 Å². The number of nitrogen functional groups attached to an aromatic ring is 1. The zero-order valence-electron chi connectivity index (χ0n) is 12.3. The Morgan fingerprint density at radius 2 is 1.86 bits per heavy atom. The third-order valence-electron chi connectivity index (χ3n) is 4.58. The third-order valence-corrected chi connectivity index (χ3v) is 4.58. The Balaban J connectivity index is 0.00000110. The molecule has 0 unspecified atom stereocenters. The van der Waals surface area contributed by atoms with Crippen LogP contribution >= 0.6 is 24.8 Å². The van der Waals surface area contributed by atoms with Crippen LogP contribution in [0.15, 0.2) is 18.3 Å². The van der Waals surface area contributed by atoms with Crippen molar-refractivity contribution in [3.05, 3.63) is 23.9 Å². The van der Waals surface area contributed by atoms with Crippen molar-refractivity contribution in [2.45, 2.75) is 31.7 Å². The summed E-state index contributed by atoms with van der Waals surface area (Å²) in [6, 6.07) is 4.67. The fraction of sp³-hybridized carbons (Fsp3) is 0.667. The average Bonchev–Trinajstić information content (AvgIpc) is 2.96. The van der Waals surface area contributed by atoms with Gasteiger partial charge in [0.25, 0.3) is 0 Å². The van der Waals surface area contributed by atoms with E-state index in [1.807, 2.05) is 6.07 Å². The summed E-state index contributed by atoms with van der Waals surface area (Å²) in [6.45, 7) is 4.41. The zero-order chi connectivity index (χ0) is 13.1. The van der Waals surface area contributed by atoms with Crippen molar-refractivity contribution in [2.24, 2.45) is 5.92 Å². The van der Waals surface area contributed by atoms with Crippen LogP contribution in [0.25, 0.3) is 0 Å². The highest BCUT2D eigenvalue weighted by atomic mass is 35.5. The smallest absolute Gasteiger partial charge is 0.128 e. The van der Waals surface area contributed by atoms with Crippen molar-refractivity contribution < 1.29 is 0 Å². The Morgan fingerprint density at radius 3 is 2.48 bits per heavy atom. The molecule has 1 atom stereocenters. The maximum absolute atomic E-state index is 6.14. The minimum atomic E-state index is 0.